The van der Waals surface area contributed by atoms with Crippen LogP contribution in [0.3, 0.4) is 0 Å². The van der Waals surface area contributed by atoms with E-state index in [2.05, 4.69) is 14.9 Å². The van der Waals surface area contributed by atoms with Crippen LogP contribution in [0.15, 0.2) is 71.5 Å². The molecule has 21 heavy (non-hydrogen) atoms. The first-order chi connectivity index (χ1) is 10.3. The quantitative estimate of drug-likeness (QED) is 0.736. The third-order valence-electron chi connectivity index (χ3n) is 3.08. The van der Waals surface area contributed by atoms with Gasteiger partial charge < -0.3 is 4.90 Å². The standard InChI is InChI=1S/C16H13N3O2/c20-16(15-11-17-21-18-15)19(14-9-5-2-6-10-14)12-13-7-3-1-4-8-13/h1-11H,12H2. The number of carbonyl (C=O) groups excluding carboxylic acids is 1. The van der Waals surface area contributed by atoms with Crippen molar-refractivity contribution in [2.75, 3.05) is 4.90 Å². The maximum Gasteiger partial charge on any atom is 0.282 e. The summed E-state index contributed by atoms with van der Waals surface area (Å²) in [4.78, 5) is 14.2. The fourth-order valence-electron chi connectivity index (χ4n) is 2.05. The normalized spacial score (nSPS) is 10.3. The average Bonchev–Trinajstić information content (AvgIpc) is 3.08. The Morgan fingerprint density at radius 2 is 1.67 bits per heavy atom. The summed E-state index contributed by atoms with van der Waals surface area (Å²) in [6.45, 7) is 0.455. The topological polar surface area (TPSA) is 59.2 Å². The Morgan fingerprint density at radius 3 is 2.29 bits per heavy atom. The Morgan fingerprint density at radius 1 is 1.00 bits per heavy atom. The van der Waals surface area contributed by atoms with Crippen molar-refractivity contribution in [3.8, 4) is 0 Å². The summed E-state index contributed by atoms with van der Waals surface area (Å²) in [5, 5.41) is 7.12. The molecule has 0 unspecified atom stereocenters. The molecule has 1 heterocycles. The predicted octanol–water partition coefficient (Wildman–Crippen LogP) is 2.92. The minimum Gasteiger partial charge on any atom is -0.302 e. The van der Waals surface area contributed by atoms with Crippen LogP contribution in [0.5, 0.6) is 0 Å². The average molecular weight is 279 g/mol. The maximum atomic E-state index is 12.6. The van der Waals surface area contributed by atoms with Gasteiger partial charge in [-0.2, -0.15) is 0 Å². The molecule has 0 spiro atoms. The molecule has 3 aromatic rings. The molecule has 0 saturated carbocycles. The number of anilines is 1. The molecule has 5 nitrogen and oxygen atoms in total. The fraction of sp³-hybridized carbons (Fsp3) is 0.0625. The highest BCUT2D eigenvalue weighted by Crippen LogP contribution is 2.19. The summed E-state index contributed by atoms with van der Waals surface area (Å²) in [5.74, 6) is -0.244. The van der Waals surface area contributed by atoms with Gasteiger partial charge in [-0.3, -0.25) is 4.79 Å². The van der Waals surface area contributed by atoms with E-state index in [0.717, 1.165) is 11.3 Å². The Bertz CT molecular complexity index is 697. The monoisotopic (exact) mass is 279 g/mol. The lowest BCUT2D eigenvalue weighted by atomic mass is 10.2. The van der Waals surface area contributed by atoms with Crippen LogP contribution in [0.4, 0.5) is 5.69 Å². The van der Waals surface area contributed by atoms with Crippen LogP contribution in [0.2, 0.25) is 0 Å². The van der Waals surface area contributed by atoms with Crippen LogP contribution in [0.25, 0.3) is 0 Å². The van der Waals surface area contributed by atoms with Gasteiger partial charge in [0.15, 0.2) is 5.69 Å². The molecule has 0 atom stereocenters. The largest absolute Gasteiger partial charge is 0.302 e. The molecule has 0 radical (unpaired) electrons. The first-order valence-electron chi connectivity index (χ1n) is 6.53. The highest BCUT2D eigenvalue weighted by molar-refractivity contribution is 6.04. The zero-order valence-electron chi connectivity index (χ0n) is 11.2. The molecule has 0 fully saturated rings. The Hall–Kier alpha value is -2.95. The van der Waals surface area contributed by atoms with E-state index in [4.69, 9.17) is 0 Å². The van der Waals surface area contributed by atoms with Gasteiger partial charge in [0.2, 0.25) is 0 Å². The van der Waals surface area contributed by atoms with Gasteiger partial charge in [0.1, 0.15) is 6.20 Å². The molecule has 104 valence electrons. The lowest BCUT2D eigenvalue weighted by molar-refractivity contribution is 0.0975. The van der Waals surface area contributed by atoms with Gasteiger partial charge in [-0.1, -0.05) is 53.7 Å². The Labute approximate surface area is 121 Å². The second kappa shape index (κ2) is 6.00. The van der Waals surface area contributed by atoms with Crippen molar-refractivity contribution in [2.45, 2.75) is 6.54 Å². The zero-order valence-corrected chi connectivity index (χ0v) is 11.2. The second-order valence-corrected chi connectivity index (χ2v) is 4.51. The van der Waals surface area contributed by atoms with E-state index >= 15 is 0 Å². The number of nitrogens with zero attached hydrogens (tertiary/aromatic N) is 3. The number of amides is 1. The first-order valence-corrected chi connectivity index (χ1v) is 6.53. The second-order valence-electron chi connectivity index (χ2n) is 4.51. The van der Waals surface area contributed by atoms with Crippen molar-refractivity contribution in [1.29, 1.82) is 0 Å². The molecule has 0 aliphatic carbocycles. The molecule has 5 heteroatoms. The molecule has 0 saturated heterocycles. The summed E-state index contributed by atoms with van der Waals surface area (Å²) in [5.41, 5.74) is 2.02. The molecular weight excluding hydrogens is 266 g/mol. The maximum absolute atomic E-state index is 12.6. The summed E-state index contributed by atoms with van der Waals surface area (Å²) < 4.78 is 4.52. The number of para-hydroxylation sites is 1. The van der Waals surface area contributed by atoms with Gasteiger partial charge in [-0.15, -0.1) is 0 Å². The van der Waals surface area contributed by atoms with Crippen LogP contribution in [-0.2, 0) is 6.54 Å². The van der Waals surface area contributed by atoms with Gasteiger partial charge in [-0.25, -0.2) is 4.63 Å². The lowest BCUT2D eigenvalue weighted by Crippen LogP contribution is -2.30. The van der Waals surface area contributed by atoms with Crippen LogP contribution >= 0.6 is 0 Å². The summed E-state index contributed by atoms with van der Waals surface area (Å²) in [7, 11) is 0. The molecular formula is C16H13N3O2. The number of benzene rings is 2. The summed E-state index contributed by atoms with van der Waals surface area (Å²) >= 11 is 0. The van der Waals surface area contributed by atoms with Crippen molar-refractivity contribution < 1.29 is 9.42 Å². The Balaban J connectivity index is 1.93. The van der Waals surface area contributed by atoms with Gasteiger partial charge in [0.05, 0.1) is 6.54 Å². The predicted molar refractivity (Wildman–Crippen MR) is 77.7 cm³/mol. The van der Waals surface area contributed by atoms with E-state index in [0.29, 0.717) is 6.54 Å². The lowest BCUT2D eigenvalue weighted by Gasteiger charge is -2.21. The molecule has 1 aromatic heterocycles. The van der Waals surface area contributed by atoms with E-state index in [1.807, 2.05) is 60.7 Å². The van der Waals surface area contributed by atoms with Gasteiger partial charge >= 0.3 is 0 Å². The van der Waals surface area contributed by atoms with Crippen molar-refractivity contribution in [3.05, 3.63) is 78.1 Å². The smallest absolute Gasteiger partial charge is 0.282 e. The molecule has 2 aromatic carbocycles. The third kappa shape index (κ3) is 2.97. The van der Waals surface area contributed by atoms with Gasteiger partial charge in [-0.05, 0) is 22.9 Å². The number of hydrogen-bond acceptors (Lipinski definition) is 4. The highest BCUT2D eigenvalue weighted by atomic mass is 16.6. The summed E-state index contributed by atoms with van der Waals surface area (Å²) in [6, 6.07) is 19.2. The summed E-state index contributed by atoms with van der Waals surface area (Å²) in [6.07, 6.45) is 1.32. The molecule has 1 amide bonds. The third-order valence-corrected chi connectivity index (χ3v) is 3.08. The first kappa shape index (κ1) is 13.1. The van der Waals surface area contributed by atoms with Crippen LogP contribution in [-0.4, -0.2) is 16.2 Å². The van der Waals surface area contributed by atoms with Gasteiger partial charge in [0, 0.05) is 5.69 Å². The van der Waals surface area contributed by atoms with E-state index in [-0.39, 0.29) is 11.6 Å². The van der Waals surface area contributed by atoms with E-state index in [1.54, 1.807) is 4.90 Å². The molecule has 0 aliphatic heterocycles. The SMILES string of the molecule is O=C(c1cnon1)N(Cc1ccccc1)c1ccccc1. The Kier molecular flexibility index (Phi) is 3.73. The van der Waals surface area contributed by atoms with E-state index < -0.39 is 0 Å². The number of aromatic nitrogens is 2. The van der Waals surface area contributed by atoms with E-state index in [9.17, 15) is 4.79 Å². The minimum absolute atomic E-state index is 0.190. The van der Waals surface area contributed by atoms with E-state index in [1.165, 1.54) is 6.20 Å². The molecule has 3 rings (SSSR count). The fourth-order valence-corrected chi connectivity index (χ4v) is 2.05. The minimum atomic E-state index is -0.244. The van der Waals surface area contributed by atoms with Crippen LogP contribution in [0, 0.1) is 0 Å². The highest BCUT2D eigenvalue weighted by Gasteiger charge is 2.20. The van der Waals surface area contributed by atoms with Crippen molar-refractivity contribution >= 4 is 11.6 Å². The van der Waals surface area contributed by atoms with Crippen LogP contribution in [0.1, 0.15) is 16.1 Å². The van der Waals surface area contributed by atoms with Gasteiger partial charge in [0.25, 0.3) is 5.91 Å². The molecule has 0 aliphatic rings. The molecule has 0 N–H and O–H groups in total. The number of carbonyl (C=O) groups is 1. The van der Waals surface area contributed by atoms with Crippen molar-refractivity contribution in [1.82, 2.24) is 10.3 Å². The van der Waals surface area contributed by atoms with Crippen LogP contribution < -0.4 is 4.90 Å². The number of rotatable bonds is 4. The zero-order chi connectivity index (χ0) is 14.5. The number of hydrogen-bond donors (Lipinski definition) is 0. The van der Waals surface area contributed by atoms with Crippen molar-refractivity contribution in [2.24, 2.45) is 0 Å². The molecule has 0 bridgehead atoms. The van der Waals surface area contributed by atoms with Crippen molar-refractivity contribution in [3.63, 3.8) is 0 Å².